The third-order valence-corrected chi connectivity index (χ3v) is 7.62. The molecule has 2 unspecified atom stereocenters. The fourth-order valence-corrected chi connectivity index (χ4v) is 5.35. The van der Waals surface area contributed by atoms with Crippen LogP contribution < -0.4 is 19.7 Å². The van der Waals surface area contributed by atoms with Gasteiger partial charge in [0, 0.05) is 18.8 Å². The molecular weight excluding hydrogens is 575 g/mol. The Morgan fingerprint density at radius 3 is 2.27 bits per heavy atom. The van der Waals surface area contributed by atoms with Gasteiger partial charge < -0.3 is 24.8 Å². The molecule has 2 atom stereocenters. The number of carbonyl (C=O) groups is 2. The number of amides is 2. The molecule has 9 nitrogen and oxygen atoms in total. The maximum absolute atomic E-state index is 14.8. The van der Waals surface area contributed by atoms with Crippen molar-refractivity contribution in [3.8, 4) is 11.8 Å². The minimum atomic E-state index is -1.03. The minimum Gasteiger partial charge on any atom is -0.481 e. The van der Waals surface area contributed by atoms with Gasteiger partial charge in [-0.15, -0.1) is 0 Å². The van der Waals surface area contributed by atoms with E-state index in [0.29, 0.717) is 29.4 Å². The number of aliphatic carboxylic acids is 1. The van der Waals surface area contributed by atoms with Crippen LogP contribution >= 0.6 is 0 Å². The largest absolute Gasteiger partial charge is 0.481 e. The molecule has 3 aromatic carbocycles. The zero-order valence-corrected chi connectivity index (χ0v) is 24.5. The van der Waals surface area contributed by atoms with Crippen molar-refractivity contribution in [3.05, 3.63) is 137 Å². The molecule has 0 radical (unpaired) electrons. The number of likely N-dealkylation sites (N-methyl/N-ethyl adjacent to an activating group) is 1. The Bertz CT molecular complexity index is 1760. The van der Waals surface area contributed by atoms with E-state index in [2.05, 4.69) is 10.3 Å². The number of hydrogen-bond donors (Lipinski definition) is 2. The van der Waals surface area contributed by atoms with Gasteiger partial charge in [-0.05, 0) is 47.0 Å². The number of carboxylic acid groups (broad SMARTS) is 1. The molecule has 1 aliphatic carbocycles. The maximum Gasteiger partial charge on any atom is 0.325 e. The highest BCUT2D eigenvalue weighted by Gasteiger charge is 2.45. The summed E-state index contributed by atoms with van der Waals surface area (Å²) in [6.45, 7) is 0.573. The molecule has 2 amide bonds. The lowest BCUT2D eigenvalue weighted by Crippen LogP contribution is -2.36. The molecule has 4 aromatic rings. The predicted octanol–water partition coefficient (Wildman–Crippen LogP) is 6.18. The zero-order valence-electron chi connectivity index (χ0n) is 24.5. The van der Waals surface area contributed by atoms with Crippen molar-refractivity contribution in [2.45, 2.75) is 31.7 Å². The van der Waals surface area contributed by atoms with E-state index in [1.54, 1.807) is 41.1 Å². The van der Waals surface area contributed by atoms with Gasteiger partial charge >= 0.3 is 12.0 Å². The molecule has 1 fully saturated rings. The fourth-order valence-electron chi connectivity index (χ4n) is 5.35. The number of allylic oxidation sites excluding steroid dienone is 1. The maximum atomic E-state index is 14.8. The molecule has 1 aromatic heterocycles. The van der Waals surface area contributed by atoms with Crippen LogP contribution in [-0.2, 0) is 24.4 Å². The molecular formula is C35H31FN4O5. The van der Waals surface area contributed by atoms with Crippen molar-refractivity contribution in [3.63, 3.8) is 0 Å². The number of benzene rings is 3. The van der Waals surface area contributed by atoms with Crippen LogP contribution in [0.5, 0.6) is 11.8 Å². The van der Waals surface area contributed by atoms with E-state index in [-0.39, 0.29) is 42.7 Å². The number of rotatable bonds is 11. The Balaban J connectivity index is 1.24. The lowest BCUT2D eigenvalue weighted by atomic mass is 10.0. The van der Waals surface area contributed by atoms with Gasteiger partial charge in [0.15, 0.2) is 0 Å². The predicted molar refractivity (Wildman–Crippen MR) is 168 cm³/mol. The van der Waals surface area contributed by atoms with Crippen LogP contribution in [0.15, 0.2) is 115 Å². The Labute approximate surface area is 259 Å². The topological polar surface area (TPSA) is 104 Å². The second-order valence-corrected chi connectivity index (χ2v) is 10.8. The van der Waals surface area contributed by atoms with Gasteiger partial charge in [-0.2, -0.15) is 4.98 Å². The van der Waals surface area contributed by atoms with Crippen LogP contribution in [0.4, 0.5) is 20.6 Å². The first kappa shape index (κ1) is 29.4. The van der Waals surface area contributed by atoms with E-state index >= 15 is 0 Å². The number of carbonyl (C=O) groups excluding carboxylic acids is 1. The Kier molecular flexibility index (Phi) is 8.45. The number of carboxylic acids is 1. The monoisotopic (exact) mass is 606 g/mol. The van der Waals surface area contributed by atoms with Crippen molar-refractivity contribution < 1.29 is 28.6 Å². The first-order valence-corrected chi connectivity index (χ1v) is 14.4. The number of nitrogens with one attached hydrogen (secondary N) is 1. The molecule has 10 heteroatoms. The molecule has 0 bridgehead atoms. The molecule has 228 valence electrons. The fraction of sp³-hybridized carbons (Fsp3) is 0.171. The van der Waals surface area contributed by atoms with E-state index in [1.165, 1.54) is 12.1 Å². The number of anilines is 2. The number of aromatic nitrogens is 1. The summed E-state index contributed by atoms with van der Waals surface area (Å²) in [4.78, 5) is 32.6. The normalized spacial score (nSPS) is 17.1. The summed E-state index contributed by atoms with van der Waals surface area (Å²) in [5.74, 6) is -0.972. The standard InChI is InChI=1S/C35H31FN4O5/c1-39-31-20-26(37-28-14-12-25(18-27(28)36)19-33(41)42)13-15-29(31)40(35(39)43)30-16-17-32(44-21-23-8-4-2-5-9-23)38-34(30)45-22-24-10-6-3-7-11-24/h2-18,20,29,31,37H,19,21-22H2,1H3,(H,41,42). The van der Waals surface area contributed by atoms with Gasteiger partial charge in [-0.3, -0.25) is 9.69 Å². The summed E-state index contributed by atoms with van der Waals surface area (Å²) in [5.41, 5.74) is 3.61. The zero-order chi connectivity index (χ0) is 31.3. The highest BCUT2D eigenvalue weighted by atomic mass is 19.1. The lowest BCUT2D eigenvalue weighted by molar-refractivity contribution is -0.136. The molecule has 0 saturated carbocycles. The molecule has 45 heavy (non-hydrogen) atoms. The van der Waals surface area contributed by atoms with E-state index in [4.69, 9.17) is 14.6 Å². The van der Waals surface area contributed by atoms with E-state index in [1.807, 2.05) is 72.8 Å². The highest BCUT2D eigenvalue weighted by Crippen LogP contribution is 2.38. The van der Waals surface area contributed by atoms with E-state index in [0.717, 1.165) is 11.1 Å². The molecule has 1 saturated heterocycles. The van der Waals surface area contributed by atoms with Gasteiger partial charge in [0.1, 0.15) is 24.7 Å². The van der Waals surface area contributed by atoms with Crippen molar-refractivity contribution in [2.24, 2.45) is 0 Å². The average Bonchev–Trinajstić information content (AvgIpc) is 3.29. The number of pyridine rings is 1. The molecule has 6 rings (SSSR count). The Morgan fingerprint density at radius 1 is 0.911 bits per heavy atom. The average molecular weight is 607 g/mol. The van der Waals surface area contributed by atoms with Crippen molar-refractivity contribution in [2.75, 3.05) is 17.3 Å². The Hall–Kier alpha value is -5.64. The quantitative estimate of drug-likeness (QED) is 0.210. The second-order valence-electron chi connectivity index (χ2n) is 10.8. The first-order chi connectivity index (χ1) is 21.9. The van der Waals surface area contributed by atoms with Gasteiger partial charge in [-0.1, -0.05) is 72.8 Å². The number of hydrogen-bond acceptors (Lipinski definition) is 6. The summed E-state index contributed by atoms with van der Waals surface area (Å²) >= 11 is 0. The third-order valence-electron chi connectivity index (χ3n) is 7.62. The SMILES string of the molecule is CN1C(=O)N(c2ccc(OCc3ccccc3)nc2OCc2ccccc2)C2C=CC(Nc3ccc(CC(=O)O)cc3F)=CC21. The van der Waals surface area contributed by atoms with Gasteiger partial charge in [0.2, 0.25) is 11.8 Å². The minimum absolute atomic E-state index is 0.203. The first-order valence-electron chi connectivity index (χ1n) is 14.4. The summed E-state index contributed by atoms with van der Waals surface area (Å²) < 4.78 is 26.9. The number of urea groups is 1. The van der Waals surface area contributed by atoms with Gasteiger partial charge in [0.05, 0.1) is 24.2 Å². The van der Waals surface area contributed by atoms with E-state index < -0.39 is 11.8 Å². The molecule has 1 aliphatic heterocycles. The summed E-state index contributed by atoms with van der Waals surface area (Å²) in [6, 6.07) is 26.2. The summed E-state index contributed by atoms with van der Waals surface area (Å²) in [6.07, 6.45) is 5.27. The van der Waals surface area contributed by atoms with Gasteiger partial charge in [-0.25, -0.2) is 9.18 Å². The number of ether oxygens (including phenoxy) is 2. The van der Waals surface area contributed by atoms with Crippen molar-refractivity contribution in [1.82, 2.24) is 9.88 Å². The van der Waals surface area contributed by atoms with Crippen LogP contribution in [0.3, 0.4) is 0 Å². The van der Waals surface area contributed by atoms with Crippen molar-refractivity contribution in [1.29, 1.82) is 0 Å². The Morgan fingerprint density at radius 2 is 1.60 bits per heavy atom. The van der Waals surface area contributed by atoms with Crippen LogP contribution in [0.1, 0.15) is 16.7 Å². The summed E-state index contributed by atoms with van der Waals surface area (Å²) in [7, 11) is 1.71. The van der Waals surface area contributed by atoms with Crippen LogP contribution in [0.2, 0.25) is 0 Å². The number of fused-ring (bicyclic) bond motifs is 1. The molecule has 0 spiro atoms. The van der Waals surface area contributed by atoms with E-state index in [9.17, 15) is 14.0 Å². The second kappa shape index (κ2) is 12.9. The lowest BCUT2D eigenvalue weighted by Gasteiger charge is -2.27. The molecule has 2 aliphatic rings. The highest BCUT2D eigenvalue weighted by molar-refractivity contribution is 5.97. The molecule has 2 heterocycles. The smallest absolute Gasteiger partial charge is 0.325 e. The van der Waals surface area contributed by atoms with Crippen LogP contribution in [-0.4, -0.2) is 46.1 Å². The summed E-state index contributed by atoms with van der Waals surface area (Å²) in [5, 5.41) is 12.1. The van der Waals surface area contributed by atoms with Crippen molar-refractivity contribution >= 4 is 23.4 Å². The third kappa shape index (κ3) is 6.65. The molecule has 2 N–H and O–H groups in total. The van der Waals surface area contributed by atoms with Crippen LogP contribution in [0, 0.1) is 5.82 Å². The van der Waals surface area contributed by atoms with Gasteiger partial charge in [0.25, 0.3) is 0 Å². The number of halogens is 1. The van der Waals surface area contributed by atoms with Crippen LogP contribution in [0.25, 0.3) is 0 Å². The number of nitrogens with zero attached hydrogens (tertiary/aromatic N) is 3.